The van der Waals surface area contributed by atoms with Crippen LogP contribution in [0.4, 0.5) is 5.69 Å². The van der Waals surface area contributed by atoms with Crippen LogP contribution in [0.3, 0.4) is 0 Å². The van der Waals surface area contributed by atoms with E-state index < -0.39 is 39.0 Å². The zero-order chi connectivity index (χ0) is 33.5. The predicted octanol–water partition coefficient (Wildman–Crippen LogP) is 6.32. The SMILES string of the molecule is C=CCN(C(=O)[C@H]1[C@H]2C(=O)N([C@@H](CO)[C@@H](C)CC)C(C(=O)N(CC=C)C(C)(C)CC(C)(C)C)C23CC[C@]1(C)S3)c1ccccc1. The summed E-state index contributed by atoms with van der Waals surface area (Å²) in [6.07, 6.45) is 6.36. The van der Waals surface area contributed by atoms with E-state index in [1.807, 2.05) is 49.1 Å². The summed E-state index contributed by atoms with van der Waals surface area (Å²) in [4.78, 5) is 50.2. The lowest BCUT2D eigenvalue weighted by Crippen LogP contribution is -2.62. The molecule has 3 fully saturated rings. The molecule has 45 heavy (non-hydrogen) atoms. The van der Waals surface area contributed by atoms with Crippen LogP contribution in [0.1, 0.15) is 81.1 Å². The second kappa shape index (κ2) is 12.9. The molecule has 0 aliphatic carbocycles. The molecule has 0 radical (unpaired) electrons. The Hall–Kier alpha value is -2.58. The summed E-state index contributed by atoms with van der Waals surface area (Å²) < 4.78 is -1.29. The maximum atomic E-state index is 15.2. The van der Waals surface area contributed by atoms with Crippen molar-refractivity contribution < 1.29 is 19.5 Å². The Kier molecular flexibility index (Phi) is 10.1. The first kappa shape index (κ1) is 35.3. The zero-order valence-corrected chi connectivity index (χ0v) is 29.5. The van der Waals surface area contributed by atoms with Crippen molar-refractivity contribution in [3.05, 3.63) is 55.6 Å². The molecule has 1 aromatic rings. The number of para-hydroxylation sites is 1. The molecule has 3 amide bonds. The number of thioether (sulfide) groups is 1. The van der Waals surface area contributed by atoms with Gasteiger partial charge in [0, 0.05) is 29.1 Å². The Balaban J connectivity index is 1.88. The molecule has 1 spiro atoms. The molecule has 7 nitrogen and oxygen atoms in total. The Labute approximate surface area is 275 Å². The second-order valence-corrected chi connectivity index (χ2v) is 17.4. The molecule has 2 unspecified atom stereocenters. The summed E-state index contributed by atoms with van der Waals surface area (Å²) in [5, 5.41) is 10.8. The van der Waals surface area contributed by atoms with Crippen molar-refractivity contribution in [2.24, 2.45) is 23.2 Å². The molecule has 3 saturated heterocycles. The lowest BCUT2D eigenvalue weighted by molar-refractivity contribution is -0.150. The third kappa shape index (κ3) is 6.14. The smallest absolute Gasteiger partial charge is 0.247 e. The Morgan fingerprint density at radius 1 is 1.09 bits per heavy atom. The van der Waals surface area contributed by atoms with Gasteiger partial charge in [-0.25, -0.2) is 0 Å². The molecule has 8 heteroatoms. The van der Waals surface area contributed by atoms with E-state index in [9.17, 15) is 14.7 Å². The minimum Gasteiger partial charge on any atom is -0.394 e. The van der Waals surface area contributed by atoms with Gasteiger partial charge in [0.05, 0.1) is 29.2 Å². The largest absolute Gasteiger partial charge is 0.394 e. The first-order valence-electron chi connectivity index (χ1n) is 16.6. The van der Waals surface area contributed by atoms with Crippen LogP contribution in [0.15, 0.2) is 55.6 Å². The Morgan fingerprint density at radius 2 is 1.71 bits per heavy atom. The average molecular weight is 638 g/mol. The minimum absolute atomic E-state index is 0.0339. The maximum Gasteiger partial charge on any atom is 0.247 e. The van der Waals surface area contributed by atoms with Gasteiger partial charge in [-0.1, -0.05) is 71.4 Å². The van der Waals surface area contributed by atoms with Crippen LogP contribution in [-0.4, -0.2) is 79.4 Å². The van der Waals surface area contributed by atoms with Gasteiger partial charge in [-0.05, 0) is 63.5 Å². The highest BCUT2D eigenvalue weighted by Crippen LogP contribution is 2.72. The fourth-order valence-electron chi connectivity index (χ4n) is 8.72. The predicted molar refractivity (Wildman–Crippen MR) is 185 cm³/mol. The monoisotopic (exact) mass is 637 g/mol. The normalized spacial score (nSPS) is 28.9. The van der Waals surface area contributed by atoms with Gasteiger partial charge in [-0.3, -0.25) is 14.4 Å². The van der Waals surface area contributed by atoms with Crippen molar-refractivity contribution in [2.75, 3.05) is 24.6 Å². The fourth-order valence-corrected chi connectivity index (χ4v) is 11.1. The summed E-state index contributed by atoms with van der Waals surface area (Å²) in [5.74, 6) is -1.72. The number of nitrogens with zero attached hydrogens (tertiary/aromatic N) is 3. The number of likely N-dealkylation sites (tertiary alicyclic amines) is 1. The Bertz CT molecular complexity index is 1290. The summed E-state index contributed by atoms with van der Waals surface area (Å²) in [6, 6.07) is 8.20. The van der Waals surface area contributed by atoms with Crippen molar-refractivity contribution in [3.8, 4) is 0 Å². The van der Waals surface area contributed by atoms with Gasteiger partial charge >= 0.3 is 0 Å². The Morgan fingerprint density at radius 3 is 2.24 bits per heavy atom. The summed E-state index contributed by atoms with van der Waals surface area (Å²) >= 11 is 1.68. The zero-order valence-electron chi connectivity index (χ0n) is 28.7. The highest BCUT2D eigenvalue weighted by atomic mass is 32.2. The maximum absolute atomic E-state index is 15.2. The van der Waals surface area contributed by atoms with Crippen molar-refractivity contribution >= 4 is 35.2 Å². The molecule has 3 aliphatic rings. The molecule has 1 aromatic carbocycles. The number of rotatable bonds is 13. The summed E-state index contributed by atoms with van der Waals surface area (Å²) in [6.45, 7) is 25.2. The van der Waals surface area contributed by atoms with E-state index in [4.69, 9.17) is 0 Å². The van der Waals surface area contributed by atoms with E-state index in [-0.39, 0.29) is 35.7 Å². The number of amides is 3. The topological polar surface area (TPSA) is 81.2 Å². The molecule has 3 heterocycles. The summed E-state index contributed by atoms with van der Waals surface area (Å²) in [5.41, 5.74) is 0.195. The number of benzene rings is 1. The number of carbonyl (C=O) groups excluding carboxylic acids is 3. The van der Waals surface area contributed by atoms with E-state index in [0.29, 0.717) is 19.5 Å². The van der Waals surface area contributed by atoms with Gasteiger partial charge in [-0.15, -0.1) is 24.9 Å². The molecular weight excluding hydrogens is 582 g/mol. The first-order valence-corrected chi connectivity index (χ1v) is 17.4. The van der Waals surface area contributed by atoms with Crippen LogP contribution in [0.5, 0.6) is 0 Å². The first-order chi connectivity index (χ1) is 21.0. The number of aliphatic hydroxyl groups excluding tert-OH is 1. The highest BCUT2D eigenvalue weighted by molar-refractivity contribution is 8.02. The lowest BCUT2D eigenvalue weighted by Gasteiger charge is -2.47. The second-order valence-electron chi connectivity index (χ2n) is 15.5. The number of hydrogen-bond donors (Lipinski definition) is 1. The van der Waals surface area contributed by atoms with Gasteiger partial charge in [0.2, 0.25) is 17.7 Å². The number of hydrogen-bond acceptors (Lipinski definition) is 5. The van der Waals surface area contributed by atoms with Crippen molar-refractivity contribution in [1.82, 2.24) is 9.80 Å². The molecule has 1 N–H and O–H groups in total. The number of aliphatic hydroxyl groups is 1. The molecule has 4 rings (SSSR count). The minimum atomic E-state index is -0.797. The molecule has 3 aliphatic heterocycles. The summed E-state index contributed by atoms with van der Waals surface area (Å²) in [7, 11) is 0. The van der Waals surface area contributed by atoms with Crippen LogP contribution >= 0.6 is 11.8 Å². The van der Waals surface area contributed by atoms with E-state index in [1.165, 1.54) is 0 Å². The van der Waals surface area contributed by atoms with E-state index >= 15 is 4.79 Å². The average Bonchev–Trinajstić information content (AvgIpc) is 3.54. The highest BCUT2D eigenvalue weighted by Gasteiger charge is 2.78. The van der Waals surface area contributed by atoms with Gasteiger partial charge in [0.15, 0.2) is 0 Å². The van der Waals surface area contributed by atoms with Crippen LogP contribution in [0.2, 0.25) is 0 Å². The van der Waals surface area contributed by atoms with Crippen molar-refractivity contribution in [1.29, 1.82) is 0 Å². The molecule has 7 atom stereocenters. The van der Waals surface area contributed by atoms with Crippen LogP contribution < -0.4 is 4.90 Å². The quantitative estimate of drug-likeness (QED) is 0.256. The molecule has 0 aromatic heterocycles. The number of carbonyl (C=O) groups is 3. The molecular formula is C37H55N3O4S. The molecule has 0 saturated carbocycles. The molecule has 248 valence electrons. The van der Waals surface area contributed by atoms with Gasteiger partial charge in [-0.2, -0.15) is 0 Å². The van der Waals surface area contributed by atoms with Gasteiger partial charge < -0.3 is 19.8 Å². The van der Waals surface area contributed by atoms with E-state index in [1.54, 1.807) is 33.7 Å². The fraction of sp³-hybridized carbons (Fsp3) is 0.649. The van der Waals surface area contributed by atoms with Gasteiger partial charge in [0.1, 0.15) is 6.04 Å². The van der Waals surface area contributed by atoms with E-state index in [2.05, 4.69) is 54.7 Å². The standard InChI is InChI=1S/C37H55N3O4S/c1-11-21-38(26-17-15-14-16-18-26)31(42)28-29-32(43)40(27(23-41)25(4)13-3)30(37(29)20-19-36(28,10)45-37)33(44)39(22-12-2)35(8,9)24-34(5,6)7/h11-12,14-18,25,27-30,41H,1-2,13,19-24H2,3-10H3/t25-,27-,28+,29-,30?,36-,37?/m0/s1. The number of fused-ring (bicyclic) bond motifs is 1. The third-order valence-corrected chi connectivity index (χ3v) is 12.5. The van der Waals surface area contributed by atoms with Crippen molar-refractivity contribution in [2.45, 2.75) is 108 Å². The third-order valence-electron chi connectivity index (χ3n) is 10.5. The van der Waals surface area contributed by atoms with Crippen LogP contribution in [0.25, 0.3) is 0 Å². The molecule has 2 bridgehead atoms. The van der Waals surface area contributed by atoms with E-state index in [0.717, 1.165) is 24.9 Å². The number of anilines is 1. The van der Waals surface area contributed by atoms with Crippen molar-refractivity contribution in [3.63, 3.8) is 0 Å². The lowest BCUT2D eigenvalue weighted by atomic mass is 9.66. The van der Waals surface area contributed by atoms with Crippen LogP contribution in [0, 0.1) is 23.2 Å². The van der Waals surface area contributed by atoms with Gasteiger partial charge in [0.25, 0.3) is 0 Å². The van der Waals surface area contributed by atoms with Crippen LogP contribution in [-0.2, 0) is 14.4 Å².